The maximum Gasteiger partial charge on any atom is 3.00 e. The van der Waals surface area contributed by atoms with E-state index in [-0.39, 0.29) is 121 Å². The summed E-state index contributed by atoms with van der Waals surface area (Å²) < 4.78 is 0. The van der Waals surface area contributed by atoms with Gasteiger partial charge in [-0.3, -0.25) is 0 Å². The van der Waals surface area contributed by atoms with Gasteiger partial charge in [-0.1, -0.05) is 0 Å². The van der Waals surface area contributed by atoms with Crippen molar-refractivity contribution in [2.24, 2.45) is 0 Å². The van der Waals surface area contributed by atoms with Gasteiger partial charge < -0.3 is 150 Å². The molecule has 32 heavy (non-hydrogen) atoms. The Kier molecular flexibility index (Phi) is 9530. The van der Waals surface area contributed by atoms with Gasteiger partial charge in [0.1, 0.15) is 0 Å². The molecule has 31 nitrogen and oxygen atoms in total. The van der Waals surface area contributed by atoms with E-state index in [1.165, 1.54) is 0 Å². The van der Waals surface area contributed by atoms with Crippen molar-refractivity contribution in [3.8, 4) is 0 Å². The minimum absolute atomic E-state index is 0. The molecule has 0 aromatic heterocycles. The van der Waals surface area contributed by atoms with Crippen LogP contribution >= 0.6 is 0 Å². The fourth-order valence-corrected chi connectivity index (χ4v) is 0. The summed E-state index contributed by atoms with van der Waals surface area (Å²) in [5.41, 5.74) is 0. The molecular weight excluding hydrogens is 517 g/mol. The Balaban J connectivity index is -0.00000000138. The molecule has 0 fully saturated rings. The van der Waals surface area contributed by atoms with Crippen molar-refractivity contribution in [1.29, 1.82) is 0 Å². The predicted octanol–water partition coefficient (Wildman–Crippen LogP) is -16.8. The number of hydrogen-bond donors (Lipinski definition) is 0. The standard InChI is InChI=1S/Al.3NO3.19H2O/c;3*2-1(3)4;;;;;;;;;;;;;;;;;;;/h;;;;19*1H2/q+3;3*-1;;;;;;;;;;;;;;;;;;;. The molecule has 0 heterocycles. The molecule has 0 aliphatic carbocycles. The fourth-order valence-electron chi connectivity index (χ4n) is 0. The summed E-state index contributed by atoms with van der Waals surface area (Å²) in [6, 6.07) is 0. The van der Waals surface area contributed by atoms with Gasteiger partial charge in [0.05, 0.1) is 15.3 Å². The zero-order chi connectivity index (χ0) is 10.7. The number of nitrogens with zero attached hydrogens (tertiary/aromatic N) is 3. The molecule has 0 unspecified atom stereocenters. The molecule has 32 heteroatoms. The third-order valence-corrected chi connectivity index (χ3v) is 0. The van der Waals surface area contributed by atoms with Crippen LogP contribution in [0.3, 0.4) is 0 Å². The van der Waals surface area contributed by atoms with E-state index in [0.29, 0.717) is 0 Å². The summed E-state index contributed by atoms with van der Waals surface area (Å²) in [7, 11) is 0. The molecule has 0 atom stereocenters. The third-order valence-electron chi connectivity index (χ3n) is 0. The minimum Gasteiger partial charge on any atom is -0.412 e. The molecule has 0 aliphatic heterocycles. The Bertz CT molecular complexity index is 118. The Morgan fingerprint density at radius 2 is 0.250 bits per heavy atom. The molecule has 0 saturated heterocycles. The van der Waals surface area contributed by atoms with E-state index < -0.39 is 15.3 Å². The largest absolute Gasteiger partial charge is 3.00 e. The molecule has 0 aromatic carbocycles. The predicted molar refractivity (Wildman–Crippen MR) is 106 cm³/mol. The normalized spacial score (nSPS) is 2.25. The van der Waals surface area contributed by atoms with Gasteiger partial charge in [-0.15, -0.1) is 0 Å². The van der Waals surface area contributed by atoms with Crippen molar-refractivity contribution in [3.63, 3.8) is 0 Å². The van der Waals surface area contributed by atoms with E-state index in [4.69, 9.17) is 46.0 Å². The Hall–Kier alpha value is -2.63. The molecule has 224 valence electrons. The first-order chi connectivity index (χ1) is 5.20. The van der Waals surface area contributed by atoms with E-state index in [0.717, 1.165) is 0 Å². The Morgan fingerprint density at radius 1 is 0.250 bits per heavy atom. The van der Waals surface area contributed by atoms with Gasteiger partial charge in [0.2, 0.25) is 0 Å². The molecule has 0 radical (unpaired) electrons. The van der Waals surface area contributed by atoms with Crippen molar-refractivity contribution < 1.29 is 119 Å². The van der Waals surface area contributed by atoms with Gasteiger partial charge in [-0.05, 0) is 0 Å². The first kappa shape index (κ1) is 582. The quantitative estimate of drug-likeness (QED) is 0.155. The molecule has 0 saturated carbocycles. The van der Waals surface area contributed by atoms with Gasteiger partial charge in [0, 0.05) is 0 Å². The van der Waals surface area contributed by atoms with Crippen molar-refractivity contribution in [2.75, 3.05) is 0 Å². The van der Waals surface area contributed by atoms with Crippen LogP contribution in [0.2, 0.25) is 0 Å². The van der Waals surface area contributed by atoms with E-state index in [2.05, 4.69) is 0 Å². The fraction of sp³-hybridized carbons (Fsp3) is 0. The molecule has 0 aromatic rings. The maximum absolute atomic E-state index is 8.25. The van der Waals surface area contributed by atoms with Crippen LogP contribution in [-0.4, -0.2) is 137 Å². The van der Waals surface area contributed by atoms with E-state index >= 15 is 0 Å². The second-order valence-electron chi connectivity index (χ2n) is 0.671. The van der Waals surface area contributed by atoms with Gasteiger partial charge in [-0.25, -0.2) is 0 Å². The number of hydrogen-bond acceptors (Lipinski definition) is 9. The third kappa shape index (κ3) is 2760. The van der Waals surface area contributed by atoms with Crippen molar-refractivity contribution in [1.82, 2.24) is 0 Å². The monoisotopic (exact) mass is 555 g/mol. The Labute approximate surface area is 184 Å². The van der Waals surface area contributed by atoms with Crippen LogP contribution in [-0.2, 0) is 0 Å². The molecule has 0 bridgehead atoms. The first-order valence-electron chi connectivity index (χ1n) is 1.64. The average molecular weight is 555 g/mol. The van der Waals surface area contributed by atoms with Gasteiger partial charge in [0.15, 0.2) is 0 Å². The summed E-state index contributed by atoms with van der Waals surface area (Å²) >= 11 is 0. The van der Waals surface area contributed by atoms with Crippen LogP contribution in [0.1, 0.15) is 0 Å². The second-order valence-corrected chi connectivity index (χ2v) is 0.671. The van der Waals surface area contributed by atoms with E-state index in [1.54, 1.807) is 0 Å². The van der Waals surface area contributed by atoms with E-state index in [1.807, 2.05) is 0 Å². The molecule has 0 amide bonds. The zero-order valence-corrected chi connectivity index (χ0v) is 16.2. The second kappa shape index (κ2) is 523. The van der Waals surface area contributed by atoms with Crippen molar-refractivity contribution in [2.45, 2.75) is 0 Å². The Morgan fingerprint density at radius 3 is 0.250 bits per heavy atom. The summed E-state index contributed by atoms with van der Waals surface area (Å²) in [4.78, 5) is 24.8. The zero-order valence-electron chi connectivity index (χ0n) is 15.1. The van der Waals surface area contributed by atoms with Crippen molar-refractivity contribution >= 4 is 17.4 Å². The number of rotatable bonds is 0. The minimum atomic E-state index is -1.75. The van der Waals surface area contributed by atoms with Crippen LogP contribution in [0.25, 0.3) is 0 Å². The average Bonchev–Trinajstić information content (AvgIpc) is 1.54. The molecule has 0 spiro atoms. The maximum atomic E-state index is 8.25. The van der Waals surface area contributed by atoms with Crippen LogP contribution in [0.5, 0.6) is 0 Å². The summed E-state index contributed by atoms with van der Waals surface area (Å²) in [5.74, 6) is 0. The first-order valence-corrected chi connectivity index (χ1v) is 1.64. The van der Waals surface area contributed by atoms with Crippen LogP contribution in [0, 0.1) is 46.0 Å². The van der Waals surface area contributed by atoms with Crippen LogP contribution in [0.15, 0.2) is 0 Å². The summed E-state index contributed by atoms with van der Waals surface area (Å²) in [5, 5.41) is 44.2. The van der Waals surface area contributed by atoms with Gasteiger partial charge in [0.25, 0.3) is 0 Å². The summed E-state index contributed by atoms with van der Waals surface area (Å²) in [6.07, 6.45) is 0. The molecular formula is H38AlN3O28. The van der Waals surface area contributed by atoms with Gasteiger partial charge >= 0.3 is 17.4 Å². The van der Waals surface area contributed by atoms with Crippen LogP contribution < -0.4 is 0 Å². The van der Waals surface area contributed by atoms with Crippen molar-refractivity contribution in [3.05, 3.63) is 46.0 Å². The summed E-state index contributed by atoms with van der Waals surface area (Å²) in [6.45, 7) is 0. The molecule has 38 N–H and O–H groups in total. The molecule has 0 rings (SSSR count). The van der Waals surface area contributed by atoms with Crippen LogP contribution in [0.4, 0.5) is 0 Å². The smallest absolute Gasteiger partial charge is 0.412 e. The van der Waals surface area contributed by atoms with E-state index in [9.17, 15) is 0 Å². The van der Waals surface area contributed by atoms with Gasteiger partial charge in [-0.2, -0.15) is 0 Å². The topological polar surface area (TPSA) is 797 Å². The SMILES string of the molecule is O.O.O.O.O.O.O.O.O.O.O.O.O.O.O.O.O.O.O.O=[N+]([O-])[O-].O=[N+]([O-])[O-].O=[N+]([O-])[O-].[Al+3]. The molecule has 0 aliphatic rings.